The summed E-state index contributed by atoms with van der Waals surface area (Å²) in [7, 11) is 0. The van der Waals surface area contributed by atoms with Crippen LogP contribution < -0.4 is 0 Å². The first-order valence-electron chi connectivity index (χ1n) is 11.3. The standard InChI is InChI=1S/C23H23F3N6O4S/c1-37-13-4-2-3-12(7-13)31-10-27-29-23(31)22-21(35)19(20(34)17(9-33)36-22)32-8-16(28-30-32)11-5-14(24)18(26)15(25)6-11/h2-3,5-8,10,13,17,19-22,33-35H,4,9H2,1H3/t13?,17-,19?,20?,21-,22-/m1/s1. The summed E-state index contributed by atoms with van der Waals surface area (Å²) in [6.45, 7) is -0.581. The molecular formula is C23H23F3N6O4S. The molecule has 1 aliphatic heterocycles. The zero-order valence-electron chi connectivity index (χ0n) is 19.4. The molecule has 1 fully saturated rings. The first-order valence-corrected chi connectivity index (χ1v) is 12.6. The minimum Gasteiger partial charge on any atom is -0.394 e. The summed E-state index contributed by atoms with van der Waals surface area (Å²) in [5, 5.41) is 48.2. The van der Waals surface area contributed by atoms with Gasteiger partial charge in [0.1, 0.15) is 42.5 Å². The summed E-state index contributed by atoms with van der Waals surface area (Å²) in [6, 6.07) is 0.337. The molecule has 0 bridgehead atoms. The number of aromatic nitrogens is 6. The van der Waals surface area contributed by atoms with Gasteiger partial charge >= 0.3 is 0 Å². The summed E-state index contributed by atoms with van der Waals surface area (Å²) >= 11 is 1.68. The van der Waals surface area contributed by atoms with Crippen LogP contribution in [0.4, 0.5) is 13.2 Å². The average Bonchev–Trinajstić information content (AvgIpc) is 3.58. The Hall–Kier alpha value is -3.04. The molecule has 6 atom stereocenters. The van der Waals surface area contributed by atoms with Gasteiger partial charge < -0.3 is 20.1 Å². The van der Waals surface area contributed by atoms with Crippen molar-refractivity contribution >= 4 is 17.5 Å². The van der Waals surface area contributed by atoms with E-state index in [2.05, 4.69) is 20.5 Å². The van der Waals surface area contributed by atoms with Crippen LogP contribution in [0.25, 0.3) is 17.0 Å². The Morgan fingerprint density at radius 1 is 1.14 bits per heavy atom. The topological polar surface area (TPSA) is 131 Å². The molecule has 3 aromatic rings. The number of allylic oxidation sites excluding steroid dienone is 3. The average molecular weight is 537 g/mol. The second-order valence-electron chi connectivity index (χ2n) is 8.65. The predicted molar refractivity (Wildman–Crippen MR) is 126 cm³/mol. The normalized spacial score (nSPS) is 27.9. The Bertz CT molecular complexity index is 1320. The summed E-state index contributed by atoms with van der Waals surface area (Å²) in [5.41, 5.74) is 0.658. The number of rotatable bonds is 6. The molecular weight excluding hydrogens is 513 g/mol. The molecule has 37 heavy (non-hydrogen) atoms. The Labute approximate surface area is 213 Å². The van der Waals surface area contributed by atoms with E-state index < -0.39 is 54.5 Å². The summed E-state index contributed by atoms with van der Waals surface area (Å²) < 4.78 is 49.5. The van der Waals surface area contributed by atoms with E-state index in [0.29, 0.717) is 0 Å². The first kappa shape index (κ1) is 25.6. The van der Waals surface area contributed by atoms with E-state index in [1.807, 2.05) is 24.5 Å². The Morgan fingerprint density at radius 3 is 2.59 bits per heavy atom. The number of thioether (sulfide) groups is 1. The van der Waals surface area contributed by atoms with Crippen molar-refractivity contribution in [3.05, 3.63) is 66.2 Å². The van der Waals surface area contributed by atoms with Gasteiger partial charge in [0.25, 0.3) is 0 Å². The number of hydrogen-bond acceptors (Lipinski definition) is 9. The largest absolute Gasteiger partial charge is 0.394 e. The predicted octanol–water partition coefficient (Wildman–Crippen LogP) is 1.88. The maximum atomic E-state index is 13.7. The highest BCUT2D eigenvalue weighted by molar-refractivity contribution is 7.99. The van der Waals surface area contributed by atoms with Crippen molar-refractivity contribution in [3.63, 3.8) is 0 Å². The van der Waals surface area contributed by atoms with Crippen LogP contribution in [0.1, 0.15) is 24.4 Å². The van der Waals surface area contributed by atoms with Crippen LogP contribution in [0.5, 0.6) is 0 Å². The van der Waals surface area contributed by atoms with Gasteiger partial charge in [-0.05, 0) is 37.0 Å². The van der Waals surface area contributed by atoms with E-state index in [4.69, 9.17) is 4.74 Å². The molecule has 2 aliphatic rings. The van der Waals surface area contributed by atoms with Crippen LogP contribution in [-0.2, 0) is 4.74 Å². The SMILES string of the molecule is CSC1C=C(n2cnnc2[C@@H]2O[C@H](CO)C(O)C(n3cc(-c4cc(F)c(F)c(F)c4)nn3)[C@H]2O)C=CC1. The Balaban J connectivity index is 1.49. The third-order valence-corrected chi connectivity index (χ3v) is 7.34. The van der Waals surface area contributed by atoms with Gasteiger partial charge in [-0.15, -0.1) is 15.3 Å². The van der Waals surface area contributed by atoms with Crippen LogP contribution in [0.15, 0.2) is 42.9 Å². The van der Waals surface area contributed by atoms with E-state index in [9.17, 15) is 28.5 Å². The lowest BCUT2D eigenvalue weighted by atomic mass is 9.92. The number of ether oxygens (including phenoxy) is 1. The fourth-order valence-corrected chi connectivity index (χ4v) is 5.06. The number of aliphatic hydroxyl groups excluding tert-OH is 3. The molecule has 1 aromatic carbocycles. The molecule has 0 amide bonds. The highest BCUT2D eigenvalue weighted by Gasteiger charge is 2.48. The number of aliphatic hydroxyl groups is 3. The van der Waals surface area contributed by atoms with Gasteiger partial charge in [0, 0.05) is 16.5 Å². The van der Waals surface area contributed by atoms with Crippen molar-refractivity contribution in [3.8, 4) is 11.3 Å². The van der Waals surface area contributed by atoms with E-state index >= 15 is 0 Å². The van der Waals surface area contributed by atoms with E-state index in [0.717, 1.165) is 28.9 Å². The zero-order valence-corrected chi connectivity index (χ0v) is 20.2. The van der Waals surface area contributed by atoms with Gasteiger partial charge in [0.15, 0.2) is 23.3 Å². The van der Waals surface area contributed by atoms with E-state index in [1.165, 1.54) is 12.5 Å². The zero-order chi connectivity index (χ0) is 26.3. The van der Waals surface area contributed by atoms with Crippen molar-refractivity contribution in [1.82, 2.24) is 29.8 Å². The fourth-order valence-electron chi connectivity index (χ4n) is 4.48. The van der Waals surface area contributed by atoms with Crippen LogP contribution >= 0.6 is 11.8 Å². The van der Waals surface area contributed by atoms with Crippen molar-refractivity contribution < 1.29 is 33.2 Å². The van der Waals surface area contributed by atoms with Gasteiger partial charge in [-0.25, -0.2) is 17.9 Å². The van der Waals surface area contributed by atoms with Crippen molar-refractivity contribution in [2.45, 2.75) is 42.1 Å². The second-order valence-corrected chi connectivity index (χ2v) is 9.73. The molecule has 5 rings (SSSR count). The molecule has 10 nitrogen and oxygen atoms in total. The molecule has 0 radical (unpaired) electrons. The van der Waals surface area contributed by atoms with Crippen LogP contribution in [-0.4, -0.2) is 81.5 Å². The van der Waals surface area contributed by atoms with Crippen molar-refractivity contribution in [2.75, 3.05) is 12.9 Å². The van der Waals surface area contributed by atoms with Crippen LogP contribution in [0, 0.1) is 17.5 Å². The van der Waals surface area contributed by atoms with Crippen molar-refractivity contribution in [1.29, 1.82) is 0 Å². The Morgan fingerprint density at radius 2 is 1.89 bits per heavy atom. The van der Waals surface area contributed by atoms with Gasteiger partial charge in [0.2, 0.25) is 0 Å². The quantitative estimate of drug-likeness (QED) is 0.404. The maximum Gasteiger partial charge on any atom is 0.194 e. The number of nitrogens with zero attached hydrogens (tertiary/aromatic N) is 6. The molecule has 3 heterocycles. The molecule has 3 unspecified atom stereocenters. The summed E-state index contributed by atoms with van der Waals surface area (Å²) in [6.07, 6.45) is 6.39. The van der Waals surface area contributed by atoms with Crippen LogP contribution in [0.2, 0.25) is 0 Å². The fraction of sp³-hybridized carbons (Fsp3) is 0.391. The lowest BCUT2D eigenvalue weighted by Crippen LogP contribution is -2.53. The molecule has 1 aliphatic carbocycles. The molecule has 196 valence electrons. The van der Waals surface area contributed by atoms with Crippen molar-refractivity contribution in [2.24, 2.45) is 0 Å². The molecule has 0 saturated carbocycles. The molecule has 1 saturated heterocycles. The minimum atomic E-state index is -1.61. The summed E-state index contributed by atoms with van der Waals surface area (Å²) in [5.74, 6) is -4.17. The number of halogens is 3. The van der Waals surface area contributed by atoms with E-state index in [-0.39, 0.29) is 22.3 Å². The third-order valence-electron chi connectivity index (χ3n) is 6.41. The van der Waals surface area contributed by atoms with Gasteiger partial charge in [-0.2, -0.15) is 11.8 Å². The molecule has 0 spiro atoms. The van der Waals surface area contributed by atoms with Crippen LogP contribution in [0.3, 0.4) is 0 Å². The highest BCUT2D eigenvalue weighted by atomic mass is 32.2. The molecule has 2 aromatic heterocycles. The Kier molecular flexibility index (Phi) is 7.18. The lowest BCUT2D eigenvalue weighted by Gasteiger charge is -2.41. The highest BCUT2D eigenvalue weighted by Crippen LogP contribution is 2.39. The monoisotopic (exact) mass is 536 g/mol. The van der Waals surface area contributed by atoms with Gasteiger partial charge in [-0.1, -0.05) is 11.3 Å². The maximum absolute atomic E-state index is 13.7. The molecule has 14 heteroatoms. The third kappa shape index (κ3) is 4.70. The number of benzene rings is 1. The summed E-state index contributed by atoms with van der Waals surface area (Å²) in [4.78, 5) is 0. The first-order chi connectivity index (χ1) is 17.8. The van der Waals surface area contributed by atoms with Gasteiger partial charge in [-0.3, -0.25) is 4.57 Å². The smallest absolute Gasteiger partial charge is 0.194 e. The van der Waals surface area contributed by atoms with E-state index in [1.54, 1.807) is 16.3 Å². The molecule has 3 N–H and O–H groups in total. The second kappa shape index (κ2) is 10.4. The lowest BCUT2D eigenvalue weighted by molar-refractivity contribution is -0.210. The minimum absolute atomic E-state index is 0.0236. The number of hydrogen-bond donors (Lipinski definition) is 3. The van der Waals surface area contributed by atoms with Gasteiger partial charge in [0.05, 0.1) is 12.8 Å².